The average Bonchev–Trinajstić information content (AvgIpc) is 2.75. The van der Waals surface area contributed by atoms with Crippen LogP contribution in [0.5, 0.6) is 0 Å². The van der Waals surface area contributed by atoms with Crippen molar-refractivity contribution >= 4 is 42.5 Å². The third kappa shape index (κ3) is 52.7. The number of hydrogen-bond acceptors (Lipinski definition) is 3. The predicted octanol–water partition coefficient (Wildman–Crippen LogP) is 5.81. The van der Waals surface area contributed by atoms with Gasteiger partial charge in [-0.2, -0.15) is 5.75 Å². The zero-order chi connectivity index (χ0) is 23.1. The first-order chi connectivity index (χ1) is 14.6. The summed E-state index contributed by atoms with van der Waals surface area (Å²) in [5, 5.41) is 0. The van der Waals surface area contributed by atoms with Gasteiger partial charge in [0.1, 0.15) is 0 Å². The normalized spacial score (nSPS) is 9.31. The van der Waals surface area contributed by atoms with E-state index >= 15 is 0 Å². The molecule has 0 fully saturated rings. The van der Waals surface area contributed by atoms with Gasteiger partial charge in [0.15, 0.2) is 0 Å². The SMILES string of the molecule is CCCCCCCCOC(=O)CC[S-].[CH2]CCCCCCC.[CH2]CCCCCCC.[Cl-].[Sn+2]. The molecule has 0 aromatic rings. The van der Waals surface area contributed by atoms with Crippen molar-refractivity contribution in [2.45, 2.75) is 143 Å². The van der Waals surface area contributed by atoms with Gasteiger partial charge in [-0.05, 0) is 6.42 Å². The summed E-state index contributed by atoms with van der Waals surface area (Å²) in [6.07, 6.45) is 23.6. The Morgan fingerprint density at radius 2 is 1.00 bits per heavy atom. The van der Waals surface area contributed by atoms with Crippen molar-refractivity contribution in [3.05, 3.63) is 13.8 Å². The summed E-state index contributed by atoms with van der Waals surface area (Å²) in [7, 11) is 0. The van der Waals surface area contributed by atoms with Crippen LogP contribution in [0, 0.1) is 13.8 Å². The molecule has 0 heterocycles. The molecule has 4 radical (unpaired) electrons. The molecule has 0 unspecified atom stereocenters. The number of esters is 1. The zero-order valence-electron chi connectivity index (χ0n) is 21.9. The molecule has 0 aromatic heterocycles. The summed E-state index contributed by atoms with van der Waals surface area (Å²) in [5.74, 6) is 0.323. The monoisotopic (exact) mass is 598 g/mol. The first-order valence-corrected chi connectivity index (χ1v) is 13.5. The second kappa shape index (κ2) is 45.4. The molecule has 32 heavy (non-hydrogen) atoms. The number of ether oxygens (including phenoxy) is 1. The van der Waals surface area contributed by atoms with Crippen molar-refractivity contribution in [2.75, 3.05) is 12.4 Å². The molecule has 0 N–H and O–H groups in total. The maximum Gasteiger partial charge on any atom is 2.00 e. The Hall–Kier alpha value is 0.909. The summed E-state index contributed by atoms with van der Waals surface area (Å²) in [6.45, 7) is 14.8. The fourth-order valence-corrected chi connectivity index (χ4v) is 2.95. The fraction of sp³-hybridized carbons (Fsp3) is 0.889. The molecule has 5 heteroatoms. The van der Waals surface area contributed by atoms with Crippen LogP contribution in [-0.4, -0.2) is 42.2 Å². The van der Waals surface area contributed by atoms with Gasteiger partial charge in [0, 0.05) is 6.42 Å². The molecule has 2 nitrogen and oxygen atoms in total. The largest absolute Gasteiger partial charge is 2.00 e. The van der Waals surface area contributed by atoms with E-state index in [1.807, 2.05) is 0 Å². The predicted molar refractivity (Wildman–Crippen MR) is 144 cm³/mol. The van der Waals surface area contributed by atoms with Crippen molar-refractivity contribution in [2.24, 2.45) is 0 Å². The molecule has 0 rings (SSSR count). The van der Waals surface area contributed by atoms with E-state index in [0.717, 1.165) is 19.3 Å². The van der Waals surface area contributed by atoms with E-state index in [4.69, 9.17) is 4.74 Å². The molecular weight excluding hydrogens is 543 g/mol. The minimum atomic E-state index is -0.145. The summed E-state index contributed by atoms with van der Waals surface area (Å²) in [4.78, 5) is 10.9. The quantitative estimate of drug-likeness (QED) is 0.0814. The molecule has 0 aliphatic heterocycles. The summed E-state index contributed by atoms with van der Waals surface area (Å²) in [5.41, 5.74) is 0. The van der Waals surface area contributed by atoms with E-state index in [9.17, 15) is 4.79 Å². The standard InChI is InChI=1S/C11H22O2S.2C8H17.ClH.Sn/c1-2-3-4-5-6-7-9-13-11(12)8-10-14;2*1-3-5-7-8-6-4-2;;/h14H,2-10H2,1H3;2*1,3-8H2,2H3;1H;/q;;;;+2/p-2. The molecule has 192 valence electrons. The van der Waals surface area contributed by atoms with Crippen LogP contribution in [0.4, 0.5) is 0 Å². The van der Waals surface area contributed by atoms with Gasteiger partial charge < -0.3 is 29.8 Å². The molecule has 0 saturated carbocycles. The van der Waals surface area contributed by atoms with Crippen LogP contribution in [0.2, 0.25) is 0 Å². The molecule has 0 aliphatic rings. The van der Waals surface area contributed by atoms with Gasteiger partial charge in [-0.25, -0.2) is 0 Å². The molecule has 0 aliphatic carbocycles. The number of hydrogen-bond donors (Lipinski definition) is 0. The molecule has 0 atom stereocenters. The number of halogens is 1. The maximum absolute atomic E-state index is 10.9. The first-order valence-electron chi connectivity index (χ1n) is 13.0. The van der Waals surface area contributed by atoms with Gasteiger partial charge in [0.2, 0.25) is 0 Å². The third-order valence-corrected chi connectivity index (χ3v) is 4.98. The van der Waals surface area contributed by atoms with Gasteiger partial charge in [0.25, 0.3) is 0 Å². The molecule has 0 aromatic carbocycles. The van der Waals surface area contributed by atoms with Gasteiger partial charge in [0.05, 0.1) is 6.61 Å². The number of unbranched alkanes of at least 4 members (excludes halogenated alkanes) is 15. The van der Waals surface area contributed by atoms with Gasteiger partial charge in [-0.1, -0.05) is 144 Å². The summed E-state index contributed by atoms with van der Waals surface area (Å²) >= 11 is 4.68. The summed E-state index contributed by atoms with van der Waals surface area (Å²) in [6, 6.07) is 0. The van der Waals surface area contributed by atoms with Crippen molar-refractivity contribution < 1.29 is 21.9 Å². The molecule has 0 spiro atoms. The minimum Gasteiger partial charge on any atom is -1.00 e. The van der Waals surface area contributed by atoms with E-state index < -0.39 is 0 Å². The maximum atomic E-state index is 10.9. The van der Waals surface area contributed by atoms with Crippen molar-refractivity contribution in [1.29, 1.82) is 0 Å². The van der Waals surface area contributed by atoms with Crippen LogP contribution >= 0.6 is 0 Å². The molecule has 0 amide bonds. The Morgan fingerprint density at radius 3 is 1.34 bits per heavy atom. The van der Waals surface area contributed by atoms with Crippen LogP contribution in [0.1, 0.15) is 143 Å². The fourth-order valence-electron chi connectivity index (χ4n) is 2.78. The second-order valence-electron chi connectivity index (χ2n) is 7.98. The number of carbonyl (C=O) groups excluding carboxylic acids is 1. The molecule has 0 saturated heterocycles. The van der Waals surface area contributed by atoms with Gasteiger partial charge in [-0.3, -0.25) is 4.79 Å². The topological polar surface area (TPSA) is 26.3 Å². The van der Waals surface area contributed by atoms with Gasteiger partial charge >= 0.3 is 29.9 Å². The molecular formula is C27H55ClO2SSn. The van der Waals surface area contributed by atoms with Crippen LogP contribution < -0.4 is 12.4 Å². The smallest absolute Gasteiger partial charge is 1.00 e. The van der Waals surface area contributed by atoms with Crippen LogP contribution in [0.15, 0.2) is 0 Å². The Labute approximate surface area is 232 Å². The van der Waals surface area contributed by atoms with Crippen LogP contribution in [-0.2, 0) is 22.2 Å². The second-order valence-corrected chi connectivity index (χ2v) is 8.39. The molecule has 0 bridgehead atoms. The van der Waals surface area contributed by atoms with Crippen molar-refractivity contribution in [3.63, 3.8) is 0 Å². The van der Waals surface area contributed by atoms with Gasteiger partial charge in [-0.15, -0.1) is 0 Å². The van der Waals surface area contributed by atoms with Crippen LogP contribution in [0.25, 0.3) is 0 Å². The Bertz CT molecular complexity index is 271. The van der Waals surface area contributed by atoms with E-state index in [-0.39, 0.29) is 42.3 Å². The van der Waals surface area contributed by atoms with E-state index in [0.29, 0.717) is 18.8 Å². The minimum absolute atomic E-state index is 0. The van der Waals surface area contributed by atoms with E-state index in [1.54, 1.807) is 0 Å². The number of rotatable bonds is 19. The zero-order valence-corrected chi connectivity index (χ0v) is 26.3. The third-order valence-electron chi connectivity index (χ3n) is 4.77. The average molecular weight is 598 g/mol. The van der Waals surface area contributed by atoms with E-state index in [1.165, 1.54) is 96.3 Å². The van der Waals surface area contributed by atoms with Crippen LogP contribution in [0.3, 0.4) is 0 Å². The van der Waals surface area contributed by atoms with Crippen molar-refractivity contribution in [1.82, 2.24) is 0 Å². The van der Waals surface area contributed by atoms with Crippen molar-refractivity contribution in [3.8, 4) is 0 Å². The first kappa shape index (κ1) is 43.0. The van der Waals surface area contributed by atoms with E-state index in [2.05, 4.69) is 47.2 Å². The summed E-state index contributed by atoms with van der Waals surface area (Å²) < 4.78 is 4.98. The Kier molecular flexibility index (Phi) is 61.0. The Morgan fingerprint density at radius 1 is 0.656 bits per heavy atom. The number of carbonyl (C=O) groups is 1. The Balaban J connectivity index is -0.000000117.